The van der Waals surface area contributed by atoms with Crippen molar-refractivity contribution >= 4 is 5.91 Å². The van der Waals surface area contributed by atoms with Crippen LogP contribution in [0.25, 0.3) is 0 Å². The summed E-state index contributed by atoms with van der Waals surface area (Å²) in [5.41, 5.74) is 2.24. The second-order valence-corrected chi connectivity index (χ2v) is 5.29. The minimum atomic E-state index is -0.404. The normalized spacial score (nSPS) is 16.6. The monoisotopic (exact) mass is 286 g/mol. The molecular formula is C16H15FN2O2. The number of H-pyrrole nitrogens is 1. The number of nitrogens with one attached hydrogen (secondary N) is 2. The van der Waals surface area contributed by atoms with Gasteiger partial charge in [-0.15, -0.1) is 0 Å². The van der Waals surface area contributed by atoms with Gasteiger partial charge in [-0.2, -0.15) is 0 Å². The van der Waals surface area contributed by atoms with Gasteiger partial charge in [0, 0.05) is 5.69 Å². The van der Waals surface area contributed by atoms with Crippen molar-refractivity contribution in [2.45, 2.75) is 25.8 Å². The van der Waals surface area contributed by atoms with E-state index in [2.05, 4.69) is 10.3 Å². The van der Waals surface area contributed by atoms with Gasteiger partial charge in [0.25, 0.3) is 11.5 Å². The van der Waals surface area contributed by atoms with Crippen molar-refractivity contribution in [3.05, 3.63) is 68.9 Å². The molecule has 1 unspecified atom stereocenters. The molecule has 2 N–H and O–H groups in total. The minimum Gasteiger partial charge on any atom is -0.345 e. The number of pyridine rings is 1. The van der Waals surface area contributed by atoms with Gasteiger partial charge in [0.2, 0.25) is 0 Å². The molecule has 1 aliphatic rings. The topological polar surface area (TPSA) is 62.0 Å². The molecule has 0 bridgehead atoms. The van der Waals surface area contributed by atoms with E-state index in [1.54, 1.807) is 19.1 Å². The molecule has 0 spiro atoms. The van der Waals surface area contributed by atoms with Crippen molar-refractivity contribution in [1.82, 2.24) is 10.3 Å². The van der Waals surface area contributed by atoms with E-state index < -0.39 is 11.5 Å². The highest BCUT2D eigenvalue weighted by Gasteiger charge is 2.25. The number of halogens is 1. The van der Waals surface area contributed by atoms with Crippen LogP contribution in [0.15, 0.2) is 35.1 Å². The summed E-state index contributed by atoms with van der Waals surface area (Å²) >= 11 is 0. The number of aromatic amines is 1. The molecule has 108 valence electrons. The standard InChI is InChI=1S/C16H15FN2O2/c1-9-2-5-13(15(20)18-9)16(21)19-14-7-3-10-8-11(17)4-6-12(10)14/h2,4-6,8,14H,3,7H2,1H3,(H,18,20)(H,19,21). The van der Waals surface area contributed by atoms with E-state index in [4.69, 9.17) is 0 Å². The maximum atomic E-state index is 13.2. The van der Waals surface area contributed by atoms with Crippen molar-refractivity contribution in [3.63, 3.8) is 0 Å². The molecule has 1 aromatic heterocycles. The number of carbonyl (C=O) groups is 1. The van der Waals surface area contributed by atoms with Crippen LogP contribution in [0.4, 0.5) is 4.39 Å². The summed E-state index contributed by atoms with van der Waals surface area (Å²) in [7, 11) is 0. The molecule has 3 rings (SSSR count). The molecule has 0 saturated heterocycles. The van der Waals surface area contributed by atoms with Gasteiger partial charge >= 0.3 is 0 Å². The van der Waals surface area contributed by atoms with Gasteiger partial charge in [-0.1, -0.05) is 6.07 Å². The number of benzene rings is 1. The summed E-state index contributed by atoms with van der Waals surface area (Å²) in [4.78, 5) is 26.6. The third-order valence-electron chi connectivity index (χ3n) is 3.79. The van der Waals surface area contributed by atoms with Crippen molar-refractivity contribution in [2.24, 2.45) is 0 Å². The smallest absolute Gasteiger partial charge is 0.260 e. The zero-order valence-corrected chi connectivity index (χ0v) is 11.6. The molecule has 0 fully saturated rings. The van der Waals surface area contributed by atoms with E-state index in [9.17, 15) is 14.0 Å². The Morgan fingerprint density at radius 3 is 2.90 bits per heavy atom. The predicted molar refractivity (Wildman–Crippen MR) is 76.7 cm³/mol. The largest absolute Gasteiger partial charge is 0.345 e. The second-order valence-electron chi connectivity index (χ2n) is 5.29. The van der Waals surface area contributed by atoms with Crippen LogP contribution in [0.2, 0.25) is 0 Å². The van der Waals surface area contributed by atoms with Crippen LogP contribution in [0.1, 0.15) is 39.6 Å². The number of amides is 1. The Balaban J connectivity index is 1.82. The molecule has 4 nitrogen and oxygen atoms in total. The maximum Gasteiger partial charge on any atom is 0.260 e. The van der Waals surface area contributed by atoms with Crippen LogP contribution in [0, 0.1) is 12.7 Å². The molecule has 1 aromatic carbocycles. The van der Waals surface area contributed by atoms with Gasteiger partial charge < -0.3 is 10.3 Å². The number of rotatable bonds is 2. The SMILES string of the molecule is Cc1ccc(C(=O)NC2CCc3cc(F)ccc32)c(=O)[nH]1. The first-order valence-electron chi connectivity index (χ1n) is 6.84. The first-order chi connectivity index (χ1) is 10.0. The highest BCUT2D eigenvalue weighted by molar-refractivity contribution is 5.94. The quantitative estimate of drug-likeness (QED) is 0.889. The zero-order valence-electron chi connectivity index (χ0n) is 11.6. The van der Waals surface area contributed by atoms with Gasteiger partial charge in [0.05, 0.1) is 6.04 Å². The van der Waals surface area contributed by atoms with Gasteiger partial charge in [-0.25, -0.2) is 4.39 Å². The Kier molecular flexibility index (Phi) is 3.33. The van der Waals surface area contributed by atoms with Crippen LogP contribution in [-0.2, 0) is 6.42 Å². The zero-order chi connectivity index (χ0) is 15.0. The second kappa shape index (κ2) is 5.16. The first-order valence-corrected chi connectivity index (χ1v) is 6.84. The summed E-state index contributed by atoms with van der Waals surface area (Å²) in [5, 5.41) is 2.85. The van der Waals surface area contributed by atoms with Crippen LogP contribution < -0.4 is 10.9 Å². The summed E-state index contributed by atoms with van der Waals surface area (Å²) in [5.74, 6) is -0.672. The Morgan fingerprint density at radius 2 is 2.14 bits per heavy atom. The number of fused-ring (bicyclic) bond motifs is 1. The lowest BCUT2D eigenvalue weighted by atomic mass is 10.1. The lowest BCUT2D eigenvalue weighted by Crippen LogP contribution is -2.32. The molecule has 1 heterocycles. The summed E-state index contributed by atoms with van der Waals surface area (Å²) in [6, 6.07) is 7.62. The number of hydrogen-bond donors (Lipinski definition) is 2. The third-order valence-corrected chi connectivity index (χ3v) is 3.79. The number of hydrogen-bond acceptors (Lipinski definition) is 2. The summed E-state index contributed by atoms with van der Waals surface area (Å²) in [6.45, 7) is 1.75. The van der Waals surface area contributed by atoms with Crippen molar-refractivity contribution < 1.29 is 9.18 Å². The van der Waals surface area contributed by atoms with Crippen LogP contribution >= 0.6 is 0 Å². The predicted octanol–water partition coefficient (Wildman–Crippen LogP) is 2.24. The molecule has 0 radical (unpaired) electrons. The first kappa shape index (κ1) is 13.5. The average Bonchev–Trinajstić information content (AvgIpc) is 2.80. The Labute approximate surface area is 121 Å². The molecular weight excluding hydrogens is 271 g/mol. The van der Waals surface area contributed by atoms with E-state index in [-0.39, 0.29) is 17.4 Å². The van der Waals surface area contributed by atoms with Crippen LogP contribution in [0.5, 0.6) is 0 Å². The van der Waals surface area contributed by atoms with Crippen molar-refractivity contribution in [3.8, 4) is 0 Å². The van der Waals surface area contributed by atoms with Crippen molar-refractivity contribution in [2.75, 3.05) is 0 Å². The van der Waals surface area contributed by atoms with Gasteiger partial charge in [-0.3, -0.25) is 9.59 Å². The van der Waals surface area contributed by atoms with Crippen LogP contribution in [-0.4, -0.2) is 10.9 Å². The Morgan fingerprint density at radius 1 is 1.33 bits per heavy atom. The van der Waals surface area contributed by atoms with E-state index in [1.165, 1.54) is 18.2 Å². The Bertz CT molecular complexity index is 767. The number of aryl methyl sites for hydroxylation is 2. The lowest BCUT2D eigenvalue weighted by molar-refractivity contribution is 0.0935. The fourth-order valence-electron chi connectivity index (χ4n) is 2.72. The fourth-order valence-corrected chi connectivity index (χ4v) is 2.72. The molecule has 1 amide bonds. The Hall–Kier alpha value is -2.43. The molecule has 5 heteroatoms. The van der Waals surface area contributed by atoms with E-state index in [0.717, 1.165) is 17.5 Å². The number of carbonyl (C=O) groups excluding carboxylic acids is 1. The molecule has 2 aromatic rings. The molecule has 1 atom stereocenters. The maximum absolute atomic E-state index is 13.2. The average molecular weight is 286 g/mol. The molecule has 0 saturated carbocycles. The minimum absolute atomic E-state index is 0.0937. The summed E-state index contributed by atoms with van der Waals surface area (Å²) in [6.07, 6.45) is 1.44. The fraction of sp³-hybridized carbons (Fsp3) is 0.250. The highest BCUT2D eigenvalue weighted by Crippen LogP contribution is 2.31. The van der Waals surface area contributed by atoms with Crippen LogP contribution in [0.3, 0.4) is 0 Å². The van der Waals surface area contributed by atoms with Gasteiger partial charge in [0.15, 0.2) is 0 Å². The summed E-state index contributed by atoms with van der Waals surface area (Å²) < 4.78 is 13.2. The van der Waals surface area contributed by atoms with E-state index >= 15 is 0 Å². The lowest BCUT2D eigenvalue weighted by Gasteiger charge is -2.14. The third kappa shape index (κ3) is 2.59. The van der Waals surface area contributed by atoms with Gasteiger partial charge in [-0.05, 0) is 55.2 Å². The van der Waals surface area contributed by atoms with Crippen molar-refractivity contribution in [1.29, 1.82) is 0 Å². The van der Waals surface area contributed by atoms with E-state index in [1.807, 2.05) is 0 Å². The highest BCUT2D eigenvalue weighted by atomic mass is 19.1. The number of aromatic nitrogens is 1. The van der Waals surface area contributed by atoms with Gasteiger partial charge in [0.1, 0.15) is 11.4 Å². The molecule has 21 heavy (non-hydrogen) atoms. The molecule has 1 aliphatic carbocycles. The molecule has 0 aliphatic heterocycles. The van der Waals surface area contributed by atoms with E-state index in [0.29, 0.717) is 12.1 Å².